The van der Waals surface area contributed by atoms with Crippen LogP contribution in [0.1, 0.15) is 15.9 Å². The van der Waals surface area contributed by atoms with Gasteiger partial charge in [-0.1, -0.05) is 11.6 Å². The van der Waals surface area contributed by atoms with Crippen molar-refractivity contribution in [2.75, 3.05) is 32.1 Å². The van der Waals surface area contributed by atoms with Gasteiger partial charge >= 0.3 is 5.97 Å². The van der Waals surface area contributed by atoms with Crippen LogP contribution in [0.3, 0.4) is 0 Å². The molecule has 3 N–H and O–H groups in total. The van der Waals surface area contributed by atoms with E-state index in [2.05, 4.69) is 10.6 Å². The Balaban J connectivity index is 2.57. The number of nitrogens with one attached hydrogen (secondary N) is 2. The minimum atomic E-state index is -1.02. The third-order valence-corrected chi connectivity index (χ3v) is 2.47. The fourth-order valence-corrected chi connectivity index (χ4v) is 1.52. The Bertz CT molecular complexity index is 460. The van der Waals surface area contributed by atoms with Gasteiger partial charge in [-0.05, 0) is 19.1 Å². The average molecular weight is 266 g/mol. The molecular formula is C13H18N2O4. The van der Waals surface area contributed by atoms with Crippen LogP contribution in [-0.2, 0) is 9.53 Å². The van der Waals surface area contributed by atoms with Gasteiger partial charge < -0.3 is 20.5 Å². The van der Waals surface area contributed by atoms with Gasteiger partial charge in [-0.3, -0.25) is 4.79 Å². The predicted octanol–water partition coefficient (Wildman–Crippen LogP) is 0.868. The van der Waals surface area contributed by atoms with Crippen LogP contribution >= 0.6 is 0 Å². The number of hydrogen-bond acceptors (Lipinski definition) is 4. The van der Waals surface area contributed by atoms with E-state index in [1.165, 1.54) is 0 Å². The normalized spacial score (nSPS) is 10.0. The molecule has 0 saturated heterocycles. The van der Waals surface area contributed by atoms with Crippen LogP contribution in [0.25, 0.3) is 0 Å². The summed E-state index contributed by atoms with van der Waals surface area (Å²) >= 11 is 0. The van der Waals surface area contributed by atoms with Gasteiger partial charge in [-0.15, -0.1) is 0 Å². The summed E-state index contributed by atoms with van der Waals surface area (Å²) in [6.07, 6.45) is 0. The van der Waals surface area contributed by atoms with Crippen molar-refractivity contribution >= 4 is 17.6 Å². The summed E-state index contributed by atoms with van der Waals surface area (Å²) in [5.74, 6) is -1.24. The summed E-state index contributed by atoms with van der Waals surface area (Å²) in [5.41, 5.74) is 1.44. The molecule has 0 unspecified atom stereocenters. The van der Waals surface area contributed by atoms with Gasteiger partial charge in [0.2, 0.25) is 5.91 Å². The molecule has 0 fully saturated rings. The van der Waals surface area contributed by atoms with Crippen molar-refractivity contribution in [2.24, 2.45) is 0 Å². The molecule has 1 rings (SSSR count). The lowest BCUT2D eigenvalue weighted by Crippen LogP contribution is -2.32. The molecule has 6 heteroatoms. The Hall–Kier alpha value is -2.08. The predicted molar refractivity (Wildman–Crippen MR) is 71.5 cm³/mol. The second kappa shape index (κ2) is 7.38. The molecule has 0 radical (unpaired) electrons. The van der Waals surface area contributed by atoms with Crippen molar-refractivity contribution in [3.05, 3.63) is 29.3 Å². The van der Waals surface area contributed by atoms with Crippen LogP contribution in [-0.4, -0.2) is 43.8 Å². The highest BCUT2D eigenvalue weighted by Gasteiger charge is 2.10. The number of carbonyl (C=O) groups excluding carboxylic acids is 1. The van der Waals surface area contributed by atoms with Crippen molar-refractivity contribution in [1.29, 1.82) is 0 Å². The molecule has 0 heterocycles. The van der Waals surface area contributed by atoms with E-state index in [1.54, 1.807) is 25.3 Å². The lowest BCUT2D eigenvalue weighted by molar-refractivity contribution is -0.119. The highest BCUT2D eigenvalue weighted by Crippen LogP contribution is 2.16. The zero-order chi connectivity index (χ0) is 14.3. The Morgan fingerprint density at radius 3 is 2.74 bits per heavy atom. The average Bonchev–Trinajstić information content (AvgIpc) is 2.37. The third kappa shape index (κ3) is 4.97. The SMILES string of the molecule is COCCNC(=O)CNc1ccc(C)cc1C(=O)O. The van der Waals surface area contributed by atoms with Crippen molar-refractivity contribution in [1.82, 2.24) is 5.32 Å². The number of benzene rings is 1. The van der Waals surface area contributed by atoms with Gasteiger partial charge in [0.25, 0.3) is 0 Å². The number of hydrogen-bond donors (Lipinski definition) is 3. The van der Waals surface area contributed by atoms with Gasteiger partial charge in [0, 0.05) is 19.3 Å². The van der Waals surface area contributed by atoms with Crippen LogP contribution in [0.4, 0.5) is 5.69 Å². The molecule has 0 aliphatic rings. The Kier molecular flexibility index (Phi) is 5.81. The summed E-state index contributed by atoms with van der Waals surface area (Å²) in [4.78, 5) is 22.5. The first-order valence-electron chi connectivity index (χ1n) is 5.88. The smallest absolute Gasteiger partial charge is 0.337 e. The second-order valence-corrected chi connectivity index (χ2v) is 4.05. The number of rotatable bonds is 7. The standard InChI is InChI=1S/C13H18N2O4/c1-9-3-4-11(10(7-9)13(17)18)15-8-12(16)14-5-6-19-2/h3-4,7,15H,5-6,8H2,1-2H3,(H,14,16)(H,17,18). The first-order valence-corrected chi connectivity index (χ1v) is 5.88. The molecule has 0 bridgehead atoms. The van der Waals surface area contributed by atoms with Gasteiger partial charge in [0.1, 0.15) is 0 Å². The van der Waals surface area contributed by atoms with Crippen LogP contribution in [0.5, 0.6) is 0 Å². The van der Waals surface area contributed by atoms with Crippen LogP contribution in [0, 0.1) is 6.92 Å². The molecule has 0 atom stereocenters. The number of methoxy groups -OCH3 is 1. The Morgan fingerprint density at radius 1 is 1.37 bits per heavy atom. The molecule has 1 aromatic carbocycles. The molecular weight excluding hydrogens is 248 g/mol. The maximum atomic E-state index is 11.5. The number of carboxylic acids is 1. The van der Waals surface area contributed by atoms with Crippen LogP contribution in [0.2, 0.25) is 0 Å². The zero-order valence-electron chi connectivity index (χ0n) is 11.0. The lowest BCUT2D eigenvalue weighted by atomic mass is 10.1. The molecule has 0 aromatic heterocycles. The quantitative estimate of drug-likeness (QED) is 0.637. The molecule has 19 heavy (non-hydrogen) atoms. The number of aryl methyl sites for hydroxylation is 1. The number of ether oxygens (including phenoxy) is 1. The number of anilines is 1. The Labute approximate surface area is 111 Å². The van der Waals surface area contributed by atoms with E-state index in [4.69, 9.17) is 9.84 Å². The summed E-state index contributed by atoms with van der Waals surface area (Å²) in [6.45, 7) is 2.70. The number of carboxylic acid groups (broad SMARTS) is 1. The highest BCUT2D eigenvalue weighted by molar-refractivity contribution is 5.95. The van der Waals surface area contributed by atoms with Gasteiger partial charge in [0.05, 0.1) is 18.7 Å². The minimum absolute atomic E-state index is 0.0209. The third-order valence-electron chi connectivity index (χ3n) is 2.47. The topological polar surface area (TPSA) is 87.7 Å². The molecule has 1 aromatic rings. The second-order valence-electron chi connectivity index (χ2n) is 4.05. The van der Waals surface area contributed by atoms with Crippen molar-refractivity contribution < 1.29 is 19.4 Å². The Morgan fingerprint density at radius 2 is 2.11 bits per heavy atom. The lowest BCUT2D eigenvalue weighted by Gasteiger charge is -2.10. The fourth-order valence-electron chi connectivity index (χ4n) is 1.52. The molecule has 6 nitrogen and oxygen atoms in total. The highest BCUT2D eigenvalue weighted by atomic mass is 16.5. The van der Waals surface area contributed by atoms with E-state index in [9.17, 15) is 9.59 Å². The number of aromatic carboxylic acids is 1. The molecule has 104 valence electrons. The fraction of sp³-hybridized carbons (Fsp3) is 0.385. The number of amides is 1. The van der Waals surface area contributed by atoms with Gasteiger partial charge in [-0.2, -0.15) is 0 Å². The summed E-state index contributed by atoms with van der Waals surface area (Å²) in [5, 5.41) is 14.5. The monoisotopic (exact) mass is 266 g/mol. The van der Waals surface area contributed by atoms with Crippen molar-refractivity contribution in [3.63, 3.8) is 0 Å². The van der Waals surface area contributed by atoms with Crippen LogP contribution < -0.4 is 10.6 Å². The van der Waals surface area contributed by atoms with E-state index in [0.29, 0.717) is 18.8 Å². The van der Waals surface area contributed by atoms with E-state index >= 15 is 0 Å². The summed E-state index contributed by atoms with van der Waals surface area (Å²) in [6, 6.07) is 5.01. The minimum Gasteiger partial charge on any atom is -0.478 e. The van der Waals surface area contributed by atoms with E-state index < -0.39 is 5.97 Å². The molecule has 1 amide bonds. The van der Waals surface area contributed by atoms with Crippen molar-refractivity contribution in [3.8, 4) is 0 Å². The number of carbonyl (C=O) groups is 2. The van der Waals surface area contributed by atoms with Crippen LogP contribution in [0.15, 0.2) is 18.2 Å². The summed E-state index contributed by atoms with van der Waals surface area (Å²) < 4.78 is 4.81. The maximum absolute atomic E-state index is 11.5. The maximum Gasteiger partial charge on any atom is 0.337 e. The van der Waals surface area contributed by atoms with E-state index in [-0.39, 0.29) is 18.0 Å². The largest absolute Gasteiger partial charge is 0.478 e. The van der Waals surface area contributed by atoms with E-state index in [0.717, 1.165) is 5.56 Å². The molecule has 0 aliphatic heterocycles. The van der Waals surface area contributed by atoms with Gasteiger partial charge in [-0.25, -0.2) is 4.79 Å². The first kappa shape index (κ1) is 15.0. The van der Waals surface area contributed by atoms with E-state index in [1.807, 2.05) is 6.92 Å². The molecule has 0 saturated carbocycles. The molecule has 0 aliphatic carbocycles. The zero-order valence-corrected chi connectivity index (χ0v) is 11.0. The molecule has 0 spiro atoms. The van der Waals surface area contributed by atoms with Crippen molar-refractivity contribution in [2.45, 2.75) is 6.92 Å². The summed E-state index contributed by atoms with van der Waals surface area (Å²) in [7, 11) is 1.55. The van der Waals surface area contributed by atoms with Gasteiger partial charge in [0.15, 0.2) is 0 Å². The first-order chi connectivity index (χ1) is 9.04.